The van der Waals surface area contributed by atoms with Crippen LogP contribution in [-0.2, 0) is 11.8 Å². The molecule has 0 saturated carbocycles. The van der Waals surface area contributed by atoms with Gasteiger partial charge in [0.25, 0.3) is 0 Å². The second-order valence-corrected chi connectivity index (χ2v) is 9.45. The number of ether oxygens (including phenoxy) is 1. The van der Waals surface area contributed by atoms with E-state index in [1.807, 2.05) is 54.2 Å². The zero-order valence-electron chi connectivity index (χ0n) is 21.2. The van der Waals surface area contributed by atoms with Crippen molar-refractivity contribution in [3.63, 3.8) is 0 Å². The third-order valence-electron chi connectivity index (χ3n) is 7.07. The lowest BCUT2D eigenvalue weighted by molar-refractivity contribution is 0.158. The van der Waals surface area contributed by atoms with Gasteiger partial charge in [-0.3, -0.25) is 9.58 Å². The molecule has 0 aliphatic carbocycles. The monoisotopic (exact) mass is 513 g/mol. The number of aromatic nitrogens is 7. The Labute approximate surface area is 219 Å². The number of fused-ring (bicyclic) bond motifs is 1. The summed E-state index contributed by atoms with van der Waals surface area (Å²) >= 11 is 0. The van der Waals surface area contributed by atoms with Crippen LogP contribution in [0.2, 0.25) is 0 Å². The van der Waals surface area contributed by atoms with Crippen molar-refractivity contribution in [3.8, 4) is 11.3 Å². The van der Waals surface area contributed by atoms with E-state index < -0.39 is 0 Å². The molecule has 1 aliphatic heterocycles. The van der Waals surface area contributed by atoms with Crippen LogP contribution < -0.4 is 5.32 Å². The molecule has 2 atom stereocenters. The van der Waals surface area contributed by atoms with E-state index in [0.29, 0.717) is 12.6 Å². The Morgan fingerprint density at radius 3 is 2.71 bits per heavy atom. The first kappa shape index (κ1) is 24.1. The first-order chi connectivity index (χ1) is 18.6. The molecule has 11 heteroatoms. The molecule has 4 heterocycles. The van der Waals surface area contributed by atoms with Gasteiger partial charge in [0.1, 0.15) is 17.2 Å². The molecular formula is C27H28FN9O. The number of nitrogens with one attached hydrogen (secondary N) is 1. The summed E-state index contributed by atoms with van der Waals surface area (Å²) < 4.78 is 22.7. The maximum Gasteiger partial charge on any atom is 0.228 e. The molecule has 2 unspecified atom stereocenters. The van der Waals surface area contributed by atoms with Crippen molar-refractivity contribution < 1.29 is 9.13 Å². The number of rotatable bonds is 8. The molecule has 1 saturated heterocycles. The van der Waals surface area contributed by atoms with E-state index in [-0.39, 0.29) is 17.8 Å². The molecule has 1 fully saturated rings. The van der Waals surface area contributed by atoms with Gasteiger partial charge in [-0.25, -0.2) is 19.0 Å². The van der Waals surface area contributed by atoms with Crippen molar-refractivity contribution in [1.82, 2.24) is 39.6 Å². The summed E-state index contributed by atoms with van der Waals surface area (Å²) in [5.74, 6) is 1.20. The zero-order valence-corrected chi connectivity index (χ0v) is 21.2. The minimum atomic E-state index is -0.235. The number of nitrogens with zero attached hydrogens (tertiary/aromatic N) is 8. The van der Waals surface area contributed by atoms with Crippen LogP contribution in [0.3, 0.4) is 0 Å². The third-order valence-corrected chi connectivity index (χ3v) is 7.07. The lowest BCUT2D eigenvalue weighted by Crippen LogP contribution is -2.25. The van der Waals surface area contributed by atoms with Crippen LogP contribution in [0.4, 0.5) is 16.2 Å². The van der Waals surface area contributed by atoms with Gasteiger partial charge in [-0.2, -0.15) is 5.10 Å². The van der Waals surface area contributed by atoms with Gasteiger partial charge >= 0.3 is 0 Å². The molecule has 0 bridgehead atoms. The van der Waals surface area contributed by atoms with Gasteiger partial charge in [0.15, 0.2) is 0 Å². The SMILES string of the molecule is COCCN1CC(c2ccc(F)cc2)C(n2nnc3cc(-c4ccnc(Nc5ccnn5C)n4)ccc32)C1. The van der Waals surface area contributed by atoms with Crippen molar-refractivity contribution >= 4 is 22.8 Å². The van der Waals surface area contributed by atoms with E-state index in [1.165, 1.54) is 12.1 Å². The Kier molecular flexibility index (Phi) is 6.52. The Morgan fingerprint density at radius 2 is 1.92 bits per heavy atom. The van der Waals surface area contributed by atoms with E-state index in [2.05, 4.69) is 35.6 Å². The zero-order chi connectivity index (χ0) is 26.1. The number of likely N-dealkylation sites (tertiary alicyclic amines) is 1. The third kappa shape index (κ3) is 4.73. The maximum absolute atomic E-state index is 13.6. The van der Waals surface area contributed by atoms with Crippen LogP contribution in [-0.4, -0.2) is 73.0 Å². The molecular weight excluding hydrogens is 485 g/mol. The van der Waals surface area contributed by atoms with Gasteiger partial charge in [-0.05, 0) is 35.9 Å². The number of halogens is 1. The van der Waals surface area contributed by atoms with E-state index in [1.54, 1.807) is 24.2 Å². The van der Waals surface area contributed by atoms with Gasteiger partial charge in [-0.1, -0.05) is 23.4 Å². The van der Waals surface area contributed by atoms with E-state index in [9.17, 15) is 4.39 Å². The summed E-state index contributed by atoms with van der Waals surface area (Å²) in [6.07, 6.45) is 3.44. The predicted octanol–water partition coefficient (Wildman–Crippen LogP) is 3.79. The highest BCUT2D eigenvalue weighted by molar-refractivity contribution is 5.81. The number of aryl methyl sites for hydroxylation is 1. The number of hydrogen-bond acceptors (Lipinski definition) is 8. The summed E-state index contributed by atoms with van der Waals surface area (Å²) in [6, 6.07) is 16.6. The van der Waals surface area contributed by atoms with Crippen LogP contribution in [0.25, 0.3) is 22.3 Å². The average Bonchev–Trinajstić information content (AvgIpc) is 3.66. The predicted molar refractivity (Wildman–Crippen MR) is 142 cm³/mol. The van der Waals surface area contributed by atoms with E-state index in [0.717, 1.165) is 53.3 Å². The standard InChI is InChI=1S/C27H28FN9O/c1-35-26(10-12-30-35)32-27-29-11-9-22(31-27)19-5-8-24-23(15-19)33-34-37(24)25-17-36(13-14-38-2)16-21(25)18-3-6-20(28)7-4-18/h3-12,15,21,25H,13-14,16-17H2,1-2H3,(H,29,31,32). The van der Waals surface area contributed by atoms with E-state index >= 15 is 0 Å². The summed E-state index contributed by atoms with van der Waals surface area (Å²) in [6.45, 7) is 3.12. The maximum atomic E-state index is 13.6. The van der Waals surface area contributed by atoms with Gasteiger partial charge in [0, 0.05) is 57.5 Å². The van der Waals surface area contributed by atoms with Crippen LogP contribution in [0, 0.1) is 5.82 Å². The molecule has 2 aromatic carbocycles. The fraction of sp³-hybridized carbons (Fsp3) is 0.296. The molecule has 3 aromatic heterocycles. The Balaban J connectivity index is 1.30. The Morgan fingerprint density at radius 1 is 1.05 bits per heavy atom. The van der Waals surface area contributed by atoms with Crippen molar-refractivity contribution in [2.24, 2.45) is 7.05 Å². The quantitative estimate of drug-likeness (QED) is 0.335. The van der Waals surface area contributed by atoms with Crippen molar-refractivity contribution in [3.05, 3.63) is 78.4 Å². The molecule has 0 radical (unpaired) electrons. The summed E-state index contributed by atoms with van der Waals surface area (Å²) in [7, 11) is 3.56. The minimum absolute atomic E-state index is 0.0573. The first-order valence-electron chi connectivity index (χ1n) is 12.5. The number of anilines is 2. The smallest absolute Gasteiger partial charge is 0.228 e. The Bertz CT molecular complexity index is 1550. The molecule has 1 aliphatic rings. The fourth-order valence-corrected chi connectivity index (χ4v) is 5.09. The highest BCUT2D eigenvalue weighted by Crippen LogP contribution is 2.37. The summed E-state index contributed by atoms with van der Waals surface area (Å²) in [5.41, 5.74) is 4.52. The molecule has 38 heavy (non-hydrogen) atoms. The molecule has 0 spiro atoms. The lowest BCUT2D eigenvalue weighted by atomic mass is 9.94. The second kappa shape index (κ2) is 10.3. The number of hydrogen-bond donors (Lipinski definition) is 1. The molecule has 5 aromatic rings. The normalized spacial score (nSPS) is 17.9. The number of methoxy groups -OCH3 is 1. The molecule has 10 nitrogen and oxygen atoms in total. The minimum Gasteiger partial charge on any atom is -0.383 e. The summed E-state index contributed by atoms with van der Waals surface area (Å²) in [5, 5.41) is 16.4. The lowest BCUT2D eigenvalue weighted by Gasteiger charge is -2.19. The van der Waals surface area contributed by atoms with Gasteiger partial charge in [0.05, 0.1) is 30.1 Å². The van der Waals surface area contributed by atoms with Gasteiger partial charge in [-0.15, -0.1) is 5.10 Å². The number of benzene rings is 2. The van der Waals surface area contributed by atoms with E-state index in [4.69, 9.17) is 4.74 Å². The molecule has 194 valence electrons. The molecule has 6 rings (SSSR count). The topological polar surface area (TPSA) is 98.8 Å². The van der Waals surface area contributed by atoms with Crippen LogP contribution >= 0.6 is 0 Å². The highest BCUT2D eigenvalue weighted by Gasteiger charge is 2.36. The van der Waals surface area contributed by atoms with Gasteiger partial charge < -0.3 is 10.1 Å². The second-order valence-electron chi connectivity index (χ2n) is 9.45. The van der Waals surface area contributed by atoms with Gasteiger partial charge in [0.2, 0.25) is 5.95 Å². The van der Waals surface area contributed by atoms with Crippen LogP contribution in [0.15, 0.2) is 67.0 Å². The Hall–Kier alpha value is -4.22. The largest absolute Gasteiger partial charge is 0.383 e. The van der Waals surface area contributed by atoms with Crippen molar-refractivity contribution in [2.45, 2.75) is 12.0 Å². The highest BCUT2D eigenvalue weighted by atomic mass is 19.1. The average molecular weight is 514 g/mol. The molecule has 1 N–H and O–H groups in total. The first-order valence-corrected chi connectivity index (χ1v) is 12.5. The van der Waals surface area contributed by atoms with Crippen LogP contribution in [0.5, 0.6) is 0 Å². The fourth-order valence-electron chi connectivity index (χ4n) is 5.09. The molecule has 0 amide bonds. The summed E-state index contributed by atoms with van der Waals surface area (Å²) in [4.78, 5) is 11.4. The van der Waals surface area contributed by atoms with Crippen molar-refractivity contribution in [2.75, 3.05) is 38.7 Å². The van der Waals surface area contributed by atoms with Crippen molar-refractivity contribution in [1.29, 1.82) is 0 Å². The van der Waals surface area contributed by atoms with Crippen LogP contribution in [0.1, 0.15) is 17.5 Å².